The fraction of sp³-hybridized carbons (Fsp3) is 0.0588. The van der Waals surface area contributed by atoms with Crippen LogP contribution >= 0.6 is 11.3 Å². The lowest BCUT2D eigenvalue weighted by Crippen LogP contribution is -2.02. The number of benzene rings is 2. The van der Waals surface area contributed by atoms with Gasteiger partial charge in [-0.3, -0.25) is 0 Å². The maximum atomic E-state index is 13.2. The molecule has 0 bridgehead atoms. The summed E-state index contributed by atoms with van der Waals surface area (Å²) in [5, 5.41) is 1.67. The van der Waals surface area contributed by atoms with Crippen LogP contribution in [-0.4, -0.2) is 4.98 Å². The molecule has 0 aliphatic rings. The highest BCUT2D eigenvalue weighted by Crippen LogP contribution is 2.28. The SMILES string of the molecule is Cc1nc2ccc(-c3cc4ccc(F)cc4oc3=O)cc2s1. The van der Waals surface area contributed by atoms with Crippen molar-refractivity contribution in [2.45, 2.75) is 6.92 Å². The normalized spacial score (nSPS) is 11.4. The van der Waals surface area contributed by atoms with Crippen molar-refractivity contribution in [3.8, 4) is 11.1 Å². The molecule has 108 valence electrons. The number of aromatic nitrogens is 1. The Labute approximate surface area is 128 Å². The first-order valence-corrected chi connectivity index (χ1v) is 7.53. The molecule has 2 aromatic heterocycles. The summed E-state index contributed by atoms with van der Waals surface area (Å²) in [7, 11) is 0. The Hall–Kier alpha value is -2.53. The molecule has 0 unspecified atom stereocenters. The van der Waals surface area contributed by atoms with Crippen molar-refractivity contribution in [3.63, 3.8) is 0 Å². The van der Waals surface area contributed by atoms with Gasteiger partial charge in [0.1, 0.15) is 11.4 Å². The minimum Gasteiger partial charge on any atom is -0.422 e. The Balaban J connectivity index is 1.96. The van der Waals surface area contributed by atoms with Gasteiger partial charge in [-0.25, -0.2) is 14.2 Å². The van der Waals surface area contributed by atoms with Crippen LogP contribution in [0.1, 0.15) is 5.01 Å². The first kappa shape index (κ1) is 13.2. The second-order valence-corrected chi connectivity index (χ2v) is 6.28. The van der Waals surface area contributed by atoms with Crippen molar-refractivity contribution < 1.29 is 8.81 Å². The van der Waals surface area contributed by atoms with E-state index in [1.165, 1.54) is 12.1 Å². The molecule has 0 saturated heterocycles. The second-order valence-electron chi connectivity index (χ2n) is 5.05. The van der Waals surface area contributed by atoms with E-state index in [0.717, 1.165) is 20.8 Å². The fourth-order valence-corrected chi connectivity index (χ4v) is 3.36. The van der Waals surface area contributed by atoms with E-state index in [4.69, 9.17) is 4.42 Å². The average Bonchev–Trinajstić information content (AvgIpc) is 2.85. The quantitative estimate of drug-likeness (QED) is 0.485. The summed E-state index contributed by atoms with van der Waals surface area (Å²) >= 11 is 1.58. The van der Waals surface area contributed by atoms with Gasteiger partial charge in [0.15, 0.2) is 0 Å². The molecule has 4 aromatic rings. The standard InChI is InChI=1S/C17H10FNO2S/c1-9-19-14-5-3-10(7-16(14)22-9)13-6-11-2-4-12(18)8-15(11)21-17(13)20/h2-8H,1H3. The van der Waals surface area contributed by atoms with E-state index >= 15 is 0 Å². The van der Waals surface area contributed by atoms with Gasteiger partial charge < -0.3 is 4.42 Å². The van der Waals surface area contributed by atoms with Crippen molar-refractivity contribution in [3.05, 3.63) is 63.7 Å². The van der Waals surface area contributed by atoms with Gasteiger partial charge >= 0.3 is 5.63 Å². The van der Waals surface area contributed by atoms with Crippen LogP contribution in [0.25, 0.3) is 32.3 Å². The minimum absolute atomic E-state index is 0.253. The van der Waals surface area contributed by atoms with E-state index in [0.29, 0.717) is 10.9 Å². The summed E-state index contributed by atoms with van der Waals surface area (Å²) in [6.07, 6.45) is 0. The molecule has 2 aromatic carbocycles. The summed E-state index contributed by atoms with van der Waals surface area (Å²) in [5.41, 5.74) is 1.93. The number of hydrogen-bond acceptors (Lipinski definition) is 4. The number of rotatable bonds is 1. The molecule has 0 fully saturated rings. The lowest BCUT2D eigenvalue weighted by atomic mass is 10.1. The van der Waals surface area contributed by atoms with Crippen molar-refractivity contribution in [1.82, 2.24) is 4.98 Å². The van der Waals surface area contributed by atoms with Gasteiger partial charge in [0.2, 0.25) is 0 Å². The topological polar surface area (TPSA) is 43.1 Å². The van der Waals surface area contributed by atoms with Gasteiger partial charge in [-0.05, 0) is 42.8 Å². The molecule has 0 atom stereocenters. The van der Waals surface area contributed by atoms with E-state index in [2.05, 4.69) is 4.98 Å². The van der Waals surface area contributed by atoms with Crippen molar-refractivity contribution >= 4 is 32.5 Å². The van der Waals surface area contributed by atoms with Crippen molar-refractivity contribution in [2.75, 3.05) is 0 Å². The summed E-state index contributed by atoms with van der Waals surface area (Å²) in [4.78, 5) is 16.6. The zero-order valence-electron chi connectivity index (χ0n) is 11.6. The van der Waals surface area contributed by atoms with Crippen LogP contribution in [0, 0.1) is 12.7 Å². The number of fused-ring (bicyclic) bond motifs is 2. The molecule has 3 nitrogen and oxygen atoms in total. The average molecular weight is 311 g/mol. The second kappa shape index (κ2) is 4.74. The van der Waals surface area contributed by atoms with Gasteiger partial charge in [0.05, 0.1) is 20.8 Å². The molecule has 22 heavy (non-hydrogen) atoms. The summed E-state index contributed by atoms with van der Waals surface area (Å²) < 4.78 is 19.5. The third-order valence-corrected chi connectivity index (χ3v) is 4.44. The number of hydrogen-bond donors (Lipinski definition) is 0. The first-order valence-electron chi connectivity index (χ1n) is 6.71. The predicted octanol–water partition coefficient (Wildman–Crippen LogP) is 4.52. The van der Waals surface area contributed by atoms with Gasteiger partial charge in [0.25, 0.3) is 0 Å². The molecule has 0 aliphatic carbocycles. The molecule has 4 rings (SSSR count). The molecule has 0 spiro atoms. The van der Waals surface area contributed by atoms with Gasteiger partial charge in [-0.1, -0.05) is 6.07 Å². The number of halogens is 1. The van der Waals surface area contributed by atoms with Crippen molar-refractivity contribution in [2.24, 2.45) is 0 Å². The molecule has 0 amide bonds. The molecular formula is C17H10FNO2S. The summed E-state index contributed by atoms with van der Waals surface area (Å²) in [5.74, 6) is -0.426. The highest BCUT2D eigenvalue weighted by Gasteiger charge is 2.10. The molecule has 2 heterocycles. The van der Waals surface area contributed by atoms with E-state index in [9.17, 15) is 9.18 Å². The van der Waals surface area contributed by atoms with Crippen LogP contribution in [0.15, 0.2) is 51.7 Å². The highest BCUT2D eigenvalue weighted by atomic mass is 32.1. The van der Waals surface area contributed by atoms with Crippen molar-refractivity contribution in [1.29, 1.82) is 0 Å². The van der Waals surface area contributed by atoms with Crippen LogP contribution < -0.4 is 5.63 Å². The number of thiazole rings is 1. The maximum Gasteiger partial charge on any atom is 0.344 e. The molecule has 0 N–H and O–H groups in total. The fourth-order valence-electron chi connectivity index (χ4n) is 2.49. The van der Waals surface area contributed by atoms with E-state index < -0.39 is 11.4 Å². The van der Waals surface area contributed by atoms with Gasteiger partial charge in [-0.15, -0.1) is 11.3 Å². The molecule has 5 heteroatoms. The van der Waals surface area contributed by atoms with Crippen LogP contribution in [0.2, 0.25) is 0 Å². The van der Waals surface area contributed by atoms with Gasteiger partial charge in [0, 0.05) is 11.5 Å². The highest BCUT2D eigenvalue weighted by molar-refractivity contribution is 7.18. The molecule has 0 saturated carbocycles. The minimum atomic E-state index is -0.473. The zero-order valence-corrected chi connectivity index (χ0v) is 12.4. The third kappa shape index (κ3) is 2.10. The monoisotopic (exact) mass is 311 g/mol. The van der Waals surface area contributed by atoms with E-state index in [-0.39, 0.29) is 5.58 Å². The lowest BCUT2D eigenvalue weighted by molar-refractivity contribution is 0.556. The van der Waals surface area contributed by atoms with Crippen LogP contribution in [-0.2, 0) is 0 Å². The smallest absolute Gasteiger partial charge is 0.344 e. The number of aryl methyl sites for hydroxylation is 1. The Bertz CT molecular complexity index is 1080. The van der Waals surface area contributed by atoms with Crippen LogP contribution in [0.5, 0.6) is 0 Å². The molecular weight excluding hydrogens is 301 g/mol. The Morgan fingerprint density at radius 3 is 2.86 bits per heavy atom. The maximum absolute atomic E-state index is 13.2. The van der Waals surface area contributed by atoms with Gasteiger partial charge in [-0.2, -0.15) is 0 Å². The van der Waals surface area contributed by atoms with Crippen LogP contribution in [0.3, 0.4) is 0 Å². The van der Waals surface area contributed by atoms with E-state index in [1.54, 1.807) is 23.5 Å². The molecule has 0 radical (unpaired) electrons. The number of nitrogens with zero attached hydrogens (tertiary/aromatic N) is 1. The lowest BCUT2D eigenvalue weighted by Gasteiger charge is -2.03. The Kier molecular flexibility index (Phi) is 2.84. The largest absolute Gasteiger partial charge is 0.422 e. The van der Waals surface area contributed by atoms with E-state index in [1.807, 2.05) is 25.1 Å². The van der Waals surface area contributed by atoms with Crippen LogP contribution in [0.4, 0.5) is 4.39 Å². The summed E-state index contributed by atoms with van der Waals surface area (Å²) in [6, 6.07) is 11.6. The zero-order chi connectivity index (χ0) is 15.3. The predicted molar refractivity (Wildman–Crippen MR) is 85.8 cm³/mol. The summed E-state index contributed by atoms with van der Waals surface area (Å²) in [6.45, 7) is 1.95. The third-order valence-electron chi connectivity index (χ3n) is 3.50. The Morgan fingerprint density at radius 2 is 2.00 bits per heavy atom. The molecule has 0 aliphatic heterocycles. The first-order chi connectivity index (χ1) is 10.6. The Morgan fingerprint density at radius 1 is 1.14 bits per heavy atom.